The van der Waals surface area contributed by atoms with Crippen LogP contribution < -0.4 is 4.90 Å². The predicted octanol–water partition coefficient (Wildman–Crippen LogP) is 1.80. The van der Waals surface area contributed by atoms with Crippen LogP contribution in [0, 0.1) is 0 Å². The first-order chi connectivity index (χ1) is 7.56. The first-order valence-electron chi connectivity index (χ1n) is 5.35. The molecule has 0 saturated carbocycles. The topological polar surface area (TPSA) is 66.3 Å². The van der Waals surface area contributed by atoms with E-state index in [-0.39, 0.29) is 5.69 Å². The largest absolute Gasteiger partial charge is 0.477 e. The third-order valence-corrected chi connectivity index (χ3v) is 2.55. The van der Waals surface area contributed by atoms with Gasteiger partial charge in [0.15, 0.2) is 5.69 Å². The second-order valence-electron chi connectivity index (χ2n) is 3.80. The van der Waals surface area contributed by atoms with Crippen LogP contribution in [0.15, 0.2) is 12.3 Å². The molecule has 1 heterocycles. The summed E-state index contributed by atoms with van der Waals surface area (Å²) in [5, 5.41) is 8.82. The van der Waals surface area contributed by atoms with Crippen LogP contribution in [-0.4, -0.2) is 34.1 Å². The summed E-state index contributed by atoms with van der Waals surface area (Å²) in [5.41, 5.74) is 0.0283. The molecule has 0 spiro atoms. The molecule has 0 aliphatic heterocycles. The molecule has 0 bridgehead atoms. The summed E-state index contributed by atoms with van der Waals surface area (Å²) in [5.74, 6) is -0.568. The first kappa shape index (κ1) is 12.4. The number of carboxylic acid groups (broad SMARTS) is 1. The minimum atomic E-state index is -1.03. The van der Waals surface area contributed by atoms with Crippen molar-refractivity contribution in [3.8, 4) is 0 Å². The maximum absolute atomic E-state index is 10.8. The van der Waals surface area contributed by atoms with Gasteiger partial charge in [0.1, 0.15) is 0 Å². The molecular formula is C11H17N3O2. The minimum absolute atomic E-state index is 0.0283. The molecule has 88 valence electrons. The van der Waals surface area contributed by atoms with Crippen LogP contribution in [0.1, 0.15) is 37.2 Å². The Morgan fingerprint density at radius 2 is 2.31 bits per heavy atom. The molecule has 1 unspecified atom stereocenters. The summed E-state index contributed by atoms with van der Waals surface area (Å²) in [6.45, 7) is 4.18. The number of rotatable bonds is 5. The molecule has 0 aromatic carbocycles. The van der Waals surface area contributed by atoms with Crippen molar-refractivity contribution >= 4 is 11.9 Å². The molecule has 1 N–H and O–H groups in total. The zero-order chi connectivity index (χ0) is 12.1. The average Bonchev–Trinajstić information content (AvgIpc) is 2.28. The van der Waals surface area contributed by atoms with Gasteiger partial charge in [-0.15, -0.1) is 0 Å². The number of anilines is 1. The quantitative estimate of drug-likeness (QED) is 0.824. The third kappa shape index (κ3) is 2.92. The van der Waals surface area contributed by atoms with Crippen molar-refractivity contribution in [2.45, 2.75) is 32.7 Å². The van der Waals surface area contributed by atoms with Gasteiger partial charge < -0.3 is 10.0 Å². The summed E-state index contributed by atoms with van der Waals surface area (Å²) >= 11 is 0. The Hall–Kier alpha value is -1.65. The molecule has 5 heteroatoms. The predicted molar refractivity (Wildman–Crippen MR) is 61.8 cm³/mol. The summed E-state index contributed by atoms with van der Waals surface area (Å²) < 4.78 is 0. The van der Waals surface area contributed by atoms with E-state index >= 15 is 0 Å². The van der Waals surface area contributed by atoms with Crippen LogP contribution >= 0.6 is 0 Å². The van der Waals surface area contributed by atoms with E-state index in [1.54, 1.807) is 0 Å². The normalized spacial score (nSPS) is 12.2. The lowest BCUT2D eigenvalue weighted by Crippen LogP contribution is -2.30. The molecule has 0 fully saturated rings. The Balaban J connectivity index is 2.86. The van der Waals surface area contributed by atoms with Crippen molar-refractivity contribution in [3.63, 3.8) is 0 Å². The number of hydrogen-bond donors (Lipinski definition) is 1. The lowest BCUT2D eigenvalue weighted by Gasteiger charge is -2.24. The molecular weight excluding hydrogens is 206 g/mol. The highest BCUT2D eigenvalue weighted by Gasteiger charge is 2.13. The zero-order valence-corrected chi connectivity index (χ0v) is 9.84. The van der Waals surface area contributed by atoms with Gasteiger partial charge in [-0.2, -0.15) is 0 Å². The van der Waals surface area contributed by atoms with Crippen LogP contribution in [0.4, 0.5) is 5.95 Å². The molecule has 0 radical (unpaired) electrons. The number of carbonyl (C=O) groups is 1. The van der Waals surface area contributed by atoms with E-state index in [4.69, 9.17) is 5.11 Å². The van der Waals surface area contributed by atoms with Crippen molar-refractivity contribution in [2.24, 2.45) is 0 Å². The molecule has 0 aliphatic rings. The van der Waals surface area contributed by atoms with E-state index in [9.17, 15) is 4.79 Å². The Labute approximate surface area is 95.1 Å². The molecule has 1 atom stereocenters. The fraction of sp³-hybridized carbons (Fsp3) is 0.545. The van der Waals surface area contributed by atoms with Crippen LogP contribution in [0.25, 0.3) is 0 Å². The molecule has 0 amide bonds. The van der Waals surface area contributed by atoms with E-state index in [0.29, 0.717) is 12.0 Å². The van der Waals surface area contributed by atoms with Crippen LogP contribution in [0.2, 0.25) is 0 Å². The van der Waals surface area contributed by atoms with Gasteiger partial charge in [0.25, 0.3) is 0 Å². The van der Waals surface area contributed by atoms with Gasteiger partial charge in [0.05, 0.1) is 0 Å². The fourth-order valence-electron chi connectivity index (χ4n) is 1.45. The molecule has 1 aromatic rings. The Morgan fingerprint density at radius 1 is 1.62 bits per heavy atom. The highest BCUT2D eigenvalue weighted by molar-refractivity contribution is 5.85. The molecule has 5 nitrogen and oxygen atoms in total. The zero-order valence-electron chi connectivity index (χ0n) is 9.84. The van der Waals surface area contributed by atoms with E-state index in [1.807, 2.05) is 11.9 Å². The van der Waals surface area contributed by atoms with Crippen molar-refractivity contribution in [3.05, 3.63) is 18.0 Å². The molecule has 0 aliphatic carbocycles. The van der Waals surface area contributed by atoms with Crippen molar-refractivity contribution < 1.29 is 9.90 Å². The number of carboxylic acids is 1. The van der Waals surface area contributed by atoms with Gasteiger partial charge in [0.2, 0.25) is 5.95 Å². The maximum Gasteiger partial charge on any atom is 0.354 e. The van der Waals surface area contributed by atoms with Crippen molar-refractivity contribution in [1.82, 2.24) is 9.97 Å². The van der Waals surface area contributed by atoms with Gasteiger partial charge >= 0.3 is 5.97 Å². The van der Waals surface area contributed by atoms with E-state index < -0.39 is 5.97 Å². The summed E-state index contributed by atoms with van der Waals surface area (Å²) in [4.78, 5) is 20.7. The van der Waals surface area contributed by atoms with E-state index in [0.717, 1.165) is 12.8 Å². The fourth-order valence-corrected chi connectivity index (χ4v) is 1.45. The lowest BCUT2D eigenvalue weighted by molar-refractivity contribution is 0.0690. The minimum Gasteiger partial charge on any atom is -0.477 e. The van der Waals surface area contributed by atoms with Crippen molar-refractivity contribution in [1.29, 1.82) is 0 Å². The number of aromatic carboxylic acids is 1. The van der Waals surface area contributed by atoms with Gasteiger partial charge in [-0.25, -0.2) is 14.8 Å². The highest BCUT2D eigenvalue weighted by Crippen LogP contribution is 2.12. The van der Waals surface area contributed by atoms with Crippen molar-refractivity contribution in [2.75, 3.05) is 11.9 Å². The molecule has 1 aromatic heterocycles. The van der Waals surface area contributed by atoms with Crippen LogP contribution in [-0.2, 0) is 0 Å². The summed E-state index contributed by atoms with van der Waals surface area (Å²) in [7, 11) is 1.88. The maximum atomic E-state index is 10.8. The molecule has 0 saturated heterocycles. The lowest BCUT2D eigenvalue weighted by atomic mass is 10.2. The summed E-state index contributed by atoms with van der Waals surface area (Å²) in [6, 6.07) is 1.69. The van der Waals surface area contributed by atoms with E-state index in [2.05, 4.69) is 23.8 Å². The van der Waals surface area contributed by atoms with Gasteiger partial charge in [-0.05, 0) is 19.4 Å². The Morgan fingerprint density at radius 3 is 2.88 bits per heavy atom. The number of hydrogen-bond acceptors (Lipinski definition) is 4. The Kier molecular flexibility index (Phi) is 4.22. The molecule has 16 heavy (non-hydrogen) atoms. The summed E-state index contributed by atoms with van der Waals surface area (Å²) in [6.07, 6.45) is 3.57. The average molecular weight is 223 g/mol. The monoisotopic (exact) mass is 223 g/mol. The second kappa shape index (κ2) is 5.44. The van der Waals surface area contributed by atoms with Gasteiger partial charge in [-0.3, -0.25) is 0 Å². The van der Waals surface area contributed by atoms with Crippen LogP contribution in [0.5, 0.6) is 0 Å². The second-order valence-corrected chi connectivity index (χ2v) is 3.80. The number of aromatic nitrogens is 2. The van der Waals surface area contributed by atoms with E-state index in [1.165, 1.54) is 12.3 Å². The van der Waals surface area contributed by atoms with Crippen LogP contribution in [0.3, 0.4) is 0 Å². The smallest absolute Gasteiger partial charge is 0.354 e. The van der Waals surface area contributed by atoms with Gasteiger partial charge in [-0.1, -0.05) is 13.3 Å². The standard InChI is InChI=1S/C11H17N3O2/c1-4-5-8(2)14(3)11-12-7-6-9(13-11)10(15)16/h6-8H,4-5H2,1-3H3,(H,15,16). The highest BCUT2D eigenvalue weighted by atomic mass is 16.4. The number of nitrogens with zero attached hydrogens (tertiary/aromatic N) is 3. The third-order valence-electron chi connectivity index (χ3n) is 2.55. The first-order valence-corrected chi connectivity index (χ1v) is 5.35. The molecule has 1 rings (SSSR count). The Bertz CT molecular complexity index is 368. The SMILES string of the molecule is CCCC(C)N(C)c1nccc(C(=O)O)n1. The van der Waals surface area contributed by atoms with Gasteiger partial charge in [0, 0.05) is 19.3 Å².